The highest BCUT2D eigenvalue weighted by Crippen LogP contribution is 2.25. The number of rotatable bonds is 7. The number of esters is 1. The molecule has 0 aliphatic rings. The monoisotopic (exact) mass is 380 g/mol. The van der Waals surface area contributed by atoms with Gasteiger partial charge in [-0.25, -0.2) is 9.67 Å². The van der Waals surface area contributed by atoms with Gasteiger partial charge in [0.15, 0.2) is 5.69 Å². The molecule has 0 aliphatic heterocycles. The fourth-order valence-corrected chi connectivity index (χ4v) is 2.68. The smallest absolute Gasteiger partial charge is 0.302 e. The molecule has 0 saturated carbocycles. The van der Waals surface area contributed by atoms with Crippen molar-refractivity contribution in [2.24, 2.45) is 5.73 Å². The molecule has 0 aliphatic carbocycles. The largest absolute Gasteiger partial charge is 0.481 e. The first-order valence-corrected chi connectivity index (χ1v) is 8.61. The molecule has 0 atom stereocenters. The van der Waals surface area contributed by atoms with Gasteiger partial charge in [-0.1, -0.05) is 24.3 Å². The summed E-state index contributed by atoms with van der Waals surface area (Å²) in [5, 5.41) is 4.31. The van der Waals surface area contributed by atoms with Crippen molar-refractivity contribution in [3.63, 3.8) is 0 Å². The zero-order valence-corrected chi connectivity index (χ0v) is 15.6. The fraction of sp³-hybridized carbons (Fsp3) is 0.200. The average molecular weight is 380 g/mol. The predicted octanol–water partition coefficient (Wildman–Crippen LogP) is 2.15. The molecule has 2 N–H and O–H groups in total. The molecule has 1 amide bonds. The summed E-state index contributed by atoms with van der Waals surface area (Å²) in [6.45, 7) is 1.71. The molecule has 0 unspecified atom stereocenters. The highest BCUT2D eigenvalue weighted by Gasteiger charge is 2.15. The molecule has 144 valence electrons. The van der Waals surface area contributed by atoms with Crippen LogP contribution in [0, 0.1) is 0 Å². The van der Waals surface area contributed by atoms with Crippen molar-refractivity contribution in [1.82, 2.24) is 14.8 Å². The van der Waals surface area contributed by atoms with E-state index in [2.05, 4.69) is 10.1 Å². The molecule has 0 saturated heterocycles. The maximum atomic E-state index is 11.6. The normalized spacial score (nSPS) is 10.5. The molecule has 2 heterocycles. The Hall–Kier alpha value is -3.68. The first-order chi connectivity index (χ1) is 13.5. The van der Waals surface area contributed by atoms with Crippen LogP contribution in [0.5, 0.6) is 5.88 Å². The molecule has 0 fully saturated rings. The SMILES string of the molecule is COc1ccc(-n2nc(C(N)=O)cc2-c2ccc(CCOC(C)=O)cc2)cn1. The van der Waals surface area contributed by atoms with Crippen LogP contribution in [0.2, 0.25) is 0 Å². The number of carbonyl (C=O) groups is 2. The van der Waals surface area contributed by atoms with Gasteiger partial charge in [0, 0.05) is 25.0 Å². The summed E-state index contributed by atoms with van der Waals surface area (Å²) in [5.74, 6) is -0.434. The summed E-state index contributed by atoms with van der Waals surface area (Å²) >= 11 is 0. The van der Waals surface area contributed by atoms with Gasteiger partial charge in [-0.2, -0.15) is 5.10 Å². The van der Waals surface area contributed by atoms with E-state index < -0.39 is 5.91 Å². The Morgan fingerprint density at radius 1 is 1.14 bits per heavy atom. The van der Waals surface area contributed by atoms with Gasteiger partial charge in [-0.15, -0.1) is 0 Å². The van der Waals surface area contributed by atoms with Crippen LogP contribution >= 0.6 is 0 Å². The van der Waals surface area contributed by atoms with E-state index in [0.29, 0.717) is 30.3 Å². The summed E-state index contributed by atoms with van der Waals surface area (Å²) in [5.41, 5.74) is 8.82. The van der Waals surface area contributed by atoms with Crippen LogP contribution in [0.3, 0.4) is 0 Å². The second-order valence-corrected chi connectivity index (χ2v) is 6.04. The van der Waals surface area contributed by atoms with E-state index in [-0.39, 0.29) is 11.7 Å². The van der Waals surface area contributed by atoms with Gasteiger partial charge in [-0.3, -0.25) is 9.59 Å². The molecule has 3 aromatic rings. The van der Waals surface area contributed by atoms with Gasteiger partial charge < -0.3 is 15.2 Å². The second kappa shape index (κ2) is 8.34. The van der Waals surface area contributed by atoms with E-state index in [4.69, 9.17) is 15.2 Å². The lowest BCUT2D eigenvalue weighted by Gasteiger charge is -2.09. The van der Waals surface area contributed by atoms with Gasteiger partial charge in [0.25, 0.3) is 5.91 Å². The molecule has 3 rings (SSSR count). The molecule has 8 nitrogen and oxygen atoms in total. The number of hydrogen-bond donors (Lipinski definition) is 1. The van der Waals surface area contributed by atoms with Crippen molar-refractivity contribution in [3.05, 3.63) is 59.9 Å². The highest BCUT2D eigenvalue weighted by molar-refractivity contribution is 5.92. The van der Waals surface area contributed by atoms with Crippen molar-refractivity contribution < 1.29 is 19.1 Å². The second-order valence-electron chi connectivity index (χ2n) is 6.04. The summed E-state index contributed by atoms with van der Waals surface area (Å²) in [6.07, 6.45) is 2.22. The number of amides is 1. The van der Waals surface area contributed by atoms with Crippen molar-refractivity contribution >= 4 is 11.9 Å². The van der Waals surface area contributed by atoms with E-state index >= 15 is 0 Å². The Morgan fingerprint density at radius 2 is 1.89 bits per heavy atom. The lowest BCUT2D eigenvalue weighted by atomic mass is 10.1. The van der Waals surface area contributed by atoms with E-state index in [1.165, 1.54) is 14.0 Å². The van der Waals surface area contributed by atoms with Gasteiger partial charge in [0.1, 0.15) is 0 Å². The molecular weight excluding hydrogens is 360 g/mol. The van der Waals surface area contributed by atoms with Gasteiger partial charge >= 0.3 is 5.97 Å². The number of nitrogens with two attached hydrogens (primary N) is 1. The number of ether oxygens (including phenoxy) is 2. The van der Waals surface area contributed by atoms with Crippen molar-refractivity contribution in [3.8, 4) is 22.8 Å². The minimum absolute atomic E-state index is 0.157. The standard InChI is InChI=1S/C20H20N4O4/c1-13(25)28-10-9-14-3-5-15(6-4-14)18-11-17(20(21)26)23-24(18)16-7-8-19(27-2)22-12-16/h3-8,11-12H,9-10H2,1-2H3,(H2,21,26). The predicted molar refractivity (Wildman–Crippen MR) is 102 cm³/mol. The number of aromatic nitrogens is 3. The van der Waals surface area contributed by atoms with Crippen LogP contribution in [0.1, 0.15) is 23.0 Å². The highest BCUT2D eigenvalue weighted by atomic mass is 16.5. The topological polar surface area (TPSA) is 109 Å². The van der Waals surface area contributed by atoms with Crippen molar-refractivity contribution in [2.75, 3.05) is 13.7 Å². The average Bonchev–Trinajstić information content (AvgIpc) is 3.14. The number of nitrogens with zero attached hydrogens (tertiary/aromatic N) is 3. The van der Waals surface area contributed by atoms with Gasteiger partial charge in [0.2, 0.25) is 5.88 Å². The quantitative estimate of drug-likeness (QED) is 0.629. The van der Waals surface area contributed by atoms with Crippen molar-refractivity contribution in [1.29, 1.82) is 0 Å². The Labute approximate surface area is 161 Å². The molecule has 28 heavy (non-hydrogen) atoms. The van der Waals surface area contributed by atoms with E-state index in [9.17, 15) is 9.59 Å². The fourth-order valence-electron chi connectivity index (χ4n) is 2.68. The van der Waals surface area contributed by atoms with Crippen molar-refractivity contribution in [2.45, 2.75) is 13.3 Å². The third kappa shape index (κ3) is 4.35. The molecule has 2 aromatic heterocycles. The zero-order valence-electron chi connectivity index (χ0n) is 15.6. The number of carbonyl (C=O) groups excluding carboxylic acids is 2. The molecule has 8 heteroatoms. The number of primary amides is 1. The molecule has 0 radical (unpaired) electrons. The van der Waals surface area contributed by atoms with Gasteiger partial charge in [0.05, 0.1) is 31.3 Å². The van der Waals surface area contributed by atoms with Crippen LogP contribution in [0.15, 0.2) is 48.7 Å². The Kier molecular flexibility index (Phi) is 5.69. The lowest BCUT2D eigenvalue weighted by molar-refractivity contribution is -0.140. The Morgan fingerprint density at radius 3 is 2.46 bits per heavy atom. The third-order valence-corrected chi connectivity index (χ3v) is 4.08. The summed E-state index contributed by atoms with van der Waals surface area (Å²) in [6, 6.07) is 12.8. The summed E-state index contributed by atoms with van der Waals surface area (Å²) in [4.78, 5) is 26.7. The Bertz CT molecular complexity index is 978. The third-order valence-electron chi connectivity index (χ3n) is 4.08. The number of methoxy groups -OCH3 is 1. The number of benzene rings is 1. The summed E-state index contributed by atoms with van der Waals surface area (Å²) < 4.78 is 11.7. The zero-order chi connectivity index (χ0) is 20.1. The van der Waals surface area contributed by atoms with Crippen LogP contribution in [0.25, 0.3) is 16.9 Å². The van der Waals surface area contributed by atoms with Crippen LogP contribution < -0.4 is 10.5 Å². The van der Waals surface area contributed by atoms with E-state index in [0.717, 1.165) is 11.1 Å². The lowest BCUT2D eigenvalue weighted by Crippen LogP contribution is -2.12. The molecule has 0 spiro atoms. The first-order valence-electron chi connectivity index (χ1n) is 8.61. The molecule has 0 bridgehead atoms. The minimum atomic E-state index is -0.612. The van der Waals surface area contributed by atoms with E-state index in [1.54, 1.807) is 29.1 Å². The number of pyridine rings is 1. The molecular formula is C20H20N4O4. The minimum Gasteiger partial charge on any atom is -0.481 e. The Balaban J connectivity index is 1.91. The van der Waals surface area contributed by atoms with Crippen LogP contribution in [-0.2, 0) is 16.0 Å². The number of hydrogen-bond acceptors (Lipinski definition) is 6. The van der Waals surface area contributed by atoms with Crippen LogP contribution in [0.4, 0.5) is 0 Å². The molecule has 1 aromatic carbocycles. The maximum Gasteiger partial charge on any atom is 0.302 e. The first kappa shape index (κ1) is 19.1. The van der Waals surface area contributed by atoms with Crippen LogP contribution in [-0.4, -0.2) is 40.4 Å². The summed E-state index contributed by atoms with van der Waals surface area (Å²) in [7, 11) is 1.54. The van der Waals surface area contributed by atoms with Gasteiger partial charge in [-0.05, 0) is 17.7 Å². The maximum absolute atomic E-state index is 11.6. The van der Waals surface area contributed by atoms with E-state index in [1.807, 2.05) is 24.3 Å².